The second kappa shape index (κ2) is 55.9. The summed E-state index contributed by atoms with van der Waals surface area (Å²) in [5, 5.41) is 23.2. The van der Waals surface area contributed by atoms with Crippen LogP contribution in [0.3, 0.4) is 0 Å². The molecule has 0 aromatic rings. The van der Waals surface area contributed by atoms with Crippen LogP contribution >= 0.6 is 0 Å². The summed E-state index contributed by atoms with van der Waals surface area (Å²) in [5.41, 5.74) is 0. The van der Waals surface area contributed by atoms with Gasteiger partial charge < -0.3 is 15.5 Å². The molecule has 0 fully saturated rings. The number of rotatable bonds is 51. The van der Waals surface area contributed by atoms with Crippen LogP contribution in [0.25, 0.3) is 0 Å². The quantitative estimate of drug-likeness (QED) is 0.0421. The summed E-state index contributed by atoms with van der Waals surface area (Å²) >= 11 is 0. The minimum Gasteiger partial charge on any atom is -0.394 e. The van der Waals surface area contributed by atoms with Crippen molar-refractivity contribution in [3.05, 3.63) is 85.1 Å². The van der Waals surface area contributed by atoms with E-state index in [1.165, 1.54) is 193 Å². The zero-order valence-corrected chi connectivity index (χ0v) is 43.2. The van der Waals surface area contributed by atoms with E-state index in [1.807, 2.05) is 6.08 Å². The monoisotopic (exact) mass is 904 g/mol. The number of carbonyl (C=O) groups is 1. The minimum absolute atomic E-state index is 0.0742. The van der Waals surface area contributed by atoms with Crippen LogP contribution in [0, 0.1) is 0 Å². The van der Waals surface area contributed by atoms with Gasteiger partial charge in [0.15, 0.2) is 0 Å². The number of unbranched alkanes of at least 4 members (excludes halogenated alkanes) is 32. The molecule has 0 aliphatic rings. The summed E-state index contributed by atoms with van der Waals surface area (Å²) in [6.07, 6.45) is 81.7. The lowest BCUT2D eigenvalue weighted by Gasteiger charge is -2.19. The van der Waals surface area contributed by atoms with Gasteiger partial charge in [0.1, 0.15) is 0 Å². The largest absolute Gasteiger partial charge is 0.394 e. The molecule has 0 bridgehead atoms. The Morgan fingerprint density at radius 2 is 0.692 bits per heavy atom. The van der Waals surface area contributed by atoms with E-state index in [2.05, 4.69) is 92.1 Å². The molecule has 2 unspecified atom stereocenters. The maximum Gasteiger partial charge on any atom is 0.220 e. The average molecular weight is 905 g/mol. The Labute approximate surface area is 405 Å². The number of allylic oxidation sites excluding steroid dienone is 13. The predicted octanol–water partition coefficient (Wildman–Crippen LogP) is 18.8. The Morgan fingerprint density at radius 3 is 1.08 bits per heavy atom. The van der Waals surface area contributed by atoms with E-state index in [0.29, 0.717) is 6.42 Å². The van der Waals surface area contributed by atoms with E-state index in [4.69, 9.17) is 0 Å². The number of aliphatic hydroxyl groups is 2. The lowest BCUT2D eigenvalue weighted by atomic mass is 10.0. The highest BCUT2D eigenvalue weighted by Gasteiger charge is 2.18. The molecule has 0 saturated heterocycles. The van der Waals surface area contributed by atoms with Crippen molar-refractivity contribution >= 4 is 5.91 Å². The fourth-order valence-electron chi connectivity index (χ4n) is 8.34. The second-order valence-electron chi connectivity index (χ2n) is 19.0. The SMILES string of the molecule is CC/C=C\C/C=C\C/C=C\C/C=C\C/C=C\CCCCCCCCCCCCCCCCCC(=O)NC(CO)C(O)/C=C/CC/C=C/CCCCCCCCCCCCCCCCCC. The third kappa shape index (κ3) is 52.4. The lowest BCUT2D eigenvalue weighted by Crippen LogP contribution is -2.45. The molecule has 376 valence electrons. The molecule has 2 atom stereocenters. The van der Waals surface area contributed by atoms with Crippen molar-refractivity contribution in [3.8, 4) is 0 Å². The number of carbonyl (C=O) groups excluding carboxylic acids is 1. The molecule has 0 saturated carbocycles. The van der Waals surface area contributed by atoms with Crippen LogP contribution < -0.4 is 5.32 Å². The van der Waals surface area contributed by atoms with Gasteiger partial charge in [-0.05, 0) is 77.0 Å². The maximum absolute atomic E-state index is 12.5. The Balaban J connectivity index is 3.54. The average Bonchev–Trinajstić information content (AvgIpc) is 3.31. The van der Waals surface area contributed by atoms with Gasteiger partial charge in [-0.2, -0.15) is 0 Å². The smallest absolute Gasteiger partial charge is 0.220 e. The van der Waals surface area contributed by atoms with Crippen molar-refractivity contribution < 1.29 is 15.0 Å². The summed E-state index contributed by atoms with van der Waals surface area (Å²) < 4.78 is 0. The van der Waals surface area contributed by atoms with Gasteiger partial charge in [0.2, 0.25) is 5.91 Å². The highest BCUT2D eigenvalue weighted by Crippen LogP contribution is 2.16. The molecular weight excluding hydrogens is 795 g/mol. The van der Waals surface area contributed by atoms with Gasteiger partial charge in [-0.15, -0.1) is 0 Å². The summed E-state index contributed by atoms with van der Waals surface area (Å²) in [4.78, 5) is 12.5. The Kier molecular flexibility index (Phi) is 53.8. The van der Waals surface area contributed by atoms with Gasteiger partial charge in [0.25, 0.3) is 0 Å². The highest BCUT2D eigenvalue weighted by atomic mass is 16.3. The van der Waals surface area contributed by atoms with Crippen LogP contribution in [0.1, 0.15) is 277 Å². The zero-order valence-electron chi connectivity index (χ0n) is 43.2. The Morgan fingerprint density at radius 1 is 0.385 bits per heavy atom. The fraction of sp³-hybridized carbons (Fsp3) is 0.754. The van der Waals surface area contributed by atoms with Crippen LogP contribution in [-0.4, -0.2) is 34.9 Å². The molecule has 3 N–H and O–H groups in total. The molecular formula is C61H109NO3. The predicted molar refractivity (Wildman–Crippen MR) is 290 cm³/mol. The molecule has 0 aromatic carbocycles. The van der Waals surface area contributed by atoms with E-state index in [1.54, 1.807) is 6.08 Å². The molecule has 0 heterocycles. The standard InChI is InChI=1S/C61H109NO3/c1-3-5-7-9-11-13-15-17-19-21-23-25-27-28-29-30-31-32-33-34-35-37-39-41-43-45-47-49-51-53-55-57-61(65)62-59(58-63)60(64)56-54-52-50-48-46-44-42-40-38-36-26-24-22-20-18-16-14-12-10-8-6-4-2/h5,7,11,13,17,19,23,25,28-29,46,48,54,56,59-60,63-64H,3-4,6,8-10,12,14-16,18,20-22,24,26-27,30-45,47,49-53,55,57-58H2,1-2H3,(H,62,65)/b7-5-,13-11-,19-17-,25-23-,29-28-,48-46+,56-54+. The van der Waals surface area contributed by atoms with Crippen molar-refractivity contribution in [2.24, 2.45) is 0 Å². The summed E-state index contributed by atoms with van der Waals surface area (Å²) in [6.45, 7) is 4.20. The van der Waals surface area contributed by atoms with Crippen molar-refractivity contribution in [1.82, 2.24) is 5.32 Å². The van der Waals surface area contributed by atoms with Gasteiger partial charge in [-0.25, -0.2) is 0 Å². The summed E-state index contributed by atoms with van der Waals surface area (Å²) in [6, 6.07) is -0.644. The van der Waals surface area contributed by atoms with Gasteiger partial charge in [0.05, 0.1) is 18.8 Å². The molecule has 0 rings (SSSR count). The van der Waals surface area contributed by atoms with Crippen molar-refractivity contribution in [2.45, 2.75) is 289 Å². The lowest BCUT2D eigenvalue weighted by molar-refractivity contribution is -0.123. The Hall–Kier alpha value is -2.43. The van der Waals surface area contributed by atoms with Crippen molar-refractivity contribution in [3.63, 3.8) is 0 Å². The number of amides is 1. The van der Waals surface area contributed by atoms with Crippen LogP contribution in [0.15, 0.2) is 85.1 Å². The first-order valence-electron chi connectivity index (χ1n) is 28.3. The van der Waals surface area contributed by atoms with Gasteiger partial charge >= 0.3 is 0 Å². The first-order valence-corrected chi connectivity index (χ1v) is 28.3. The molecule has 4 heteroatoms. The number of hydrogen-bond donors (Lipinski definition) is 3. The van der Waals surface area contributed by atoms with Crippen LogP contribution in [0.5, 0.6) is 0 Å². The first kappa shape index (κ1) is 62.6. The van der Waals surface area contributed by atoms with Crippen LogP contribution in [0.4, 0.5) is 0 Å². The zero-order chi connectivity index (χ0) is 47.0. The normalized spacial score (nSPS) is 13.5. The van der Waals surface area contributed by atoms with Gasteiger partial charge in [-0.1, -0.05) is 279 Å². The first-order chi connectivity index (χ1) is 32.2. The van der Waals surface area contributed by atoms with Gasteiger partial charge in [-0.3, -0.25) is 4.79 Å². The molecule has 65 heavy (non-hydrogen) atoms. The molecule has 4 nitrogen and oxygen atoms in total. The van der Waals surface area contributed by atoms with Crippen molar-refractivity contribution in [1.29, 1.82) is 0 Å². The van der Waals surface area contributed by atoms with E-state index >= 15 is 0 Å². The van der Waals surface area contributed by atoms with E-state index in [0.717, 1.165) is 64.2 Å². The van der Waals surface area contributed by atoms with Gasteiger partial charge in [0, 0.05) is 6.42 Å². The molecule has 0 radical (unpaired) electrons. The topological polar surface area (TPSA) is 69.6 Å². The molecule has 0 spiro atoms. The summed E-state index contributed by atoms with van der Waals surface area (Å²) in [7, 11) is 0. The minimum atomic E-state index is -0.866. The number of hydrogen-bond acceptors (Lipinski definition) is 3. The highest BCUT2D eigenvalue weighted by molar-refractivity contribution is 5.76. The maximum atomic E-state index is 12.5. The molecule has 0 aliphatic carbocycles. The third-order valence-electron chi connectivity index (χ3n) is 12.6. The van der Waals surface area contributed by atoms with Crippen LogP contribution in [0.2, 0.25) is 0 Å². The fourth-order valence-corrected chi connectivity index (χ4v) is 8.34. The summed E-state index contributed by atoms with van der Waals surface area (Å²) in [5.74, 6) is -0.0742. The molecule has 0 aromatic heterocycles. The second-order valence-corrected chi connectivity index (χ2v) is 19.0. The van der Waals surface area contributed by atoms with E-state index < -0.39 is 12.1 Å². The van der Waals surface area contributed by atoms with Crippen molar-refractivity contribution in [2.75, 3.05) is 6.61 Å². The van der Waals surface area contributed by atoms with Crippen LogP contribution in [-0.2, 0) is 4.79 Å². The van der Waals surface area contributed by atoms with E-state index in [-0.39, 0.29) is 12.5 Å². The Bertz CT molecular complexity index is 1160. The molecule has 1 amide bonds. The van der Waals surface area contributed by atoms with E-state index in [9.17, 15) is 15.0 Å². The number of aliphatic hydroxyl groups excluding tert-OH is 2. The third-order valence-corrected chi connectivity index (χ3v) is 12.6. The number of nitrogens with one attached hydrogen (secondary N) is 1. The molecule has 0 aliphatic heterocycles.